The summed E-state index contributed by atoms with van der Waals surface area (Å²) in [7, 11) is 1.96. The molecule has 0 aromatic heterocycles. The average molecular weight is 298 g/mol. The summed E-state index contributed by atoms with van der Waals surface area (Å²) >= 11 is 6.03. The third-order valence-corrected chi connectivity index (χ3v) is 3.39. The maximum atomic E-state index is 10.8. The summed E-state index contributed by atoms with van der Waals surface area (Å²) < 4.78 is 0. The van der Waals surface area contributed by atoms with Gasteiger partial charge in [-0.3, -0.25) is 10.1 Å². The molecule has 1 heterocycles. The predicted molar refractivity (Wildman–Crippen MR) is 79.5 cm³/mol. The lowest BCUT2D eigenvalue weighted by molar-refractivity contribution is -0.383. The zero-order valence-corrected chi connectivity index (χ0v) is 11.8. The van der Waals surface area contributed by atoms with Gasteiger partial charge in [-0.1, -0.05) is 17.7 Å². The van der Waals surface area contributed by atoms with Gasteiger partial charge in [-0.05, 0) is 6.07 Å². The number of hydrogen-bond donors (Lipinski definition) is 2. The molecule has 0 fully saturated rings. The van der Waals surface area contributed by atoms with Crippen molar-refractivity contribution in [1.29, 1.82) is 0 Å². The van der Waals surface area contributed by atoms with Crippen molar-refractivity contribution in [2.45, 2.75) is 0 Å². The lowest BCUT2D eigenvalue weighted by Crippen LogP contribution is -2.35. The second-order valence-electron chi connectivity index (χ2n) is 4.45. The first-order valence-electron chi connectivity index (χ1n) is 6.10. The van der Waals surface area contributed by atoms with Crippen LogP contribution in [0.2, 0.25) is 5.02 Å². The van der Waals surface area contributed by atoms with Crippen LogP contribution >= 0.6 is 11.6 Å². The summed E-state index contributed by atoms with van der Waals surface area (Å²) in [5.74, 6) is 0. The highest BCUT2D eigenvalue weighted by atomic mass is 35.5. The van der Waals surface area contributed by atoms with Gasteiger partial charge in [-0.15, -0.1) is 0 Å². The first-order chi connectivity index (χ1) is 9.49. The smallest absolute Gasteiger partial charge is 0.294 e. The summed E-state index contributed by atoms with van der Waals surface area (Å²) in [5.41, 5.74) is 6.00. The minimum Gasteiger partial charge on any atom is -0.393 e. The van der Waals surface area contributed by atoms with Crippen molar-refractivity contribution >= 4 is 28.7 Å². The molecule has 0 unspecified atom stereocenters. The topological polar surface area (TPSA) is 87.7 Å². The Balaban J connectivity index is 1.99. The Kier molecular flexibility index (Phi) is 4.31. The molecule has 0 spiro atoms. The molecular formula is C12H16ClN5O2. The molecule has 1 aromatic carbocycles. The van der Waals surface area contributed by atoms with Gasteiger partial charge in [0.05, 0.1) is 15.6 Å². The van der Waals surface area contributed by atoms with E-state index in [0.717, 1.165) is 13.1 Å². The monoisotopic (exact) mass is 297 g/mol. The lowest BCUT2D eigenvalue weighted by Gasteiger charge is -2.25. The van der Waals surface area contributed by atoms with Crippen LogP contribution in [0, 0.1) is 10.1 Å². The van der Waals surface area contributed by atoms with E-state index in [9.17, 15) is 10.1 Å². The Bertz CT molecular complexity index is 549. The van der Waals surface area contributed by atoms with Crippen molar-refractivity contribution in [2.24, 2.45) is 0 Å². The first-order valence-corrected chi connectivity index (χ1v) is 6.48. The molecule has 3 N–H and O–H groups in total. The van der Waals surface area contributed by atoms with Gasteiger partial charge in [0.25, 0.3) is 5.69 Å². The van der Waals surface area contributed by atoms with Gasteiger partial charge in [0.15, 0.2) is 0 Å². The Morgan fingerprint density at radius 2 is 2.30 bits per heavy atom. The molecule has 20 heavy (non-hydrogen) atoms. The number of hydrazine groups is 1. The summed E-state index contributed by atoms with van der Waals surface area (Å²) in [4.78, 5) is 10.3. The zero-order valence-electron chi connectivity index (χ0n) is 11.0. The number of anilines is 2. The Morgan fingerprint density at radius 1 is 1.55 bits per heavy atom. The molecule has 2 rings (SSSR count). The minimum absolute atomic E-state index is 0.0639. The van der Waals surface area contributed by atoms with E-state index in [1.807, 2.05) is 18.3 Å². The Morgan fingerprint density at radius 3 is 2.90 bits per heavy atom. The second-order valence-corrected chi connectivity index (χ2v) is 4.85. The van der Waals surface area contributed by atoms with E-state index >= 15 is 0 Å². The molecule has 0 radical (unpaired) electrons. The number of nitrogens with one attached hydrogen (secondary N) is 1. The number of nitrogens with zero attached hydrogens (tertiary/aromatic N) is 3. The van der Waals surface area contributed by atoms with E-state index in [0.29, 0.717) is 17.3 Å². The van der Waals surface area contributed by atoms with E-state index in [1.54, 1.807) is 0 Å². The van der Waals surface area contributed by atoms with Crippen LogP contribution in [0.4, 0.5) is 17.1 Å². The van der Waals surface area contributed by atoms with E-state index < -0.39 is 4.92 Å². The summed E-state index contributed by atoms with van der Waals surface area (Å²) in [6, 6.07) is 2.76. The number of nitro benzene ring substituents is 1. The molecule has 0 bridgehead atoms. The van der Waals surface area contributed by atoms with Gasteiger partial charge in [0.2, 0.25) is 0 Å². The second kappa shape index (κ2) is 5.98. The molecular weight excluding hydrogens is 282 g/mol. The quantitative estimate of drug-likeness (QED) is 0.490. The van der Waals surface area contributed by atoms with Gasteiger partial charge in [0, 0.05) is 38.9 Å². The number of halogens is 1. The molecule has 8 heteroatoms. The number of rotatable bonds is 5. The van der Waals surface area contributed by atoms with Gasteiger partial charge >= 0.3 is 0 Å². The first kappa shape index (κ1) is 14.4. The largest absolute Gasteiger partial charge is 0.393 e. The maximum Gasteiger partial charge on any atom is 0.294 e. The third-order valence-electron chi connectivity index (χ3n) is 3.08. The van der Waals surface area contributed by atoms with E-state index in [4.69, 9.17) is 17.3 Å². The average Bonchev–Trinajstić information content (AvgIpc) is 2.77. The number of benzene rings is 1. The van der Waals surface area contributed by atoms with Crippen LogP contribution in [0.3, 0.4) is 0 Å². The zero-order chi connectivity index (χ0) is 14.7. The van der Waals surface area contributed by atoms with Crippen molar-refractivity contribution in [2.75, 3.05) is 37.7 Å². The van der Waals surface area contributed by atoms with E-state index in [-0.39, 0.29) is 11.4 Å². The molecule has 0 saturated carbocycles. The normalized spacial score (nSPS) is 14.8. The van der Waals surface area contributed by atoms with E-state index in [2.05, 4.69) is 16.4 Å². The minimum atomic E-state index is -0.519. The number of nitrogen functional groups attached to an aromatic ring is 1. The van der Waals surface area contributed by atoms with Crippen LogP contribution < -0.4 is 11.1 Å². The lowest BCUT2D eigenvalue weighted by atomic mass is 10.2. The third kappa shape index (κ3) is 3.12. The van der Waals surface area contributed by atoms with Gasteiger partial charge < -0.3 is 16.1 Å². The predicted octanol–water partition coefficient (Wildman–Crippen LogP) is 1.92. The standard InChI is InChI=1S/C12H16ClN5O2/c1-16-4-2-5-17(16)6-3-15-11-8-12(18(19)20)10(14)7-9(11)13/h2,4,7-8,15H,3,5-6,14H2,1H3. The van der Waals surface area contributed by atoms with Gasteiger partial charge in [-0.25, -0.2) is 5.01 Å². The molecule has 0 atom stereocenters. The van der Waals surface area contributed by atoms with Crippen molar-refractivity contribution < 1.29 is 4.92 Å². The highest BCUT2D eigenvalue weighted by molar-refractivity contribution is 6.33. The van der Waals surface area contributed by atoms with Gasteiger partial charge in [-0.2, -0.15) is 0 Å². The summed E-state index contributed by atoms with van der Waals surface area (Å²) in [5, 5.41) is 18.4. The van der Waals surface area contributed by atoms with Crippen molar-refractivity contribution in [3.8, 4) is 0 Å². The van der Waals surface area contributed by atoms with Crippen LogP contribution in [-0.4, -0.2) is 41.6 Å². The van der Waals surface area contributed by atoms with E-state index in [1.165, 1.54) is 12.1 Å². The fraction of sp³-hybridized carbons (Fsp3) is 0.333. The highest BCUT2D eigenvalue weighted by Gasteiger charge is 2.16. The molecule has 108 valence electrons. The van der Waals surface area contributed by atoms with Crippen LogP contribution in [-0.2, 0) is 0 Å². The highest BCUT2D eigenvalue weighted by Crippen LogP contribution is 2.32. The number of nitro groups is 1. The Hall–Kier alpha value is -1.99. The van der Waals surface area contributed by atoms with Crippen molar-refractivity contribution in [3.05, 3.63) is 39.5 Å². The van der Waals surface area contributed by atoms with Crippen LogP contribution in [0.5, 0.6) is 0 Å². The summed E-state index contributed by atoms with van der Waals surface area (Å²) in [6.45, 7) is 2.23. The Labute approximate surface area is 121 Å². The molecule has 1 aliphatic heterocycles. The number of nitrogens with two attached hydrogens (primary N) is 1. The molecule has 1 aliphatic rings. The fourth-order valence-corrected chi connectivity index (χ4v) is 2.22. The van der Waals surface area contributed by atoms with Crippen LogP contribution in [0.15, 0.2) is 24.4 Å². The maximum absolute atomic E-state index is 10.8. The number of hydrogen-bond acceptors (Lipinski definition) is 6. The molecule has 7 nitrogen and oxygen atoms in total. The summed E-state index contributed by atoms with van der Waals surface area (Å²) in [6.07, 6.45) is 4.04. The van der Waals surface area contributed by atoms with Gasteiger partial charge in [0.1, 0.15) is 5.69 Å². The van der Waals surface area contributed by atoms with Crippen molar-refractivity contribution in [3.63, 3.8) is 0 Å². The molecule has 0 aliphatic carbocycles. The fourth-order valence-electron chi connectivity index (χ4n) is 1.98. The SMILES string of the molecule is CN1C=CCN1CCNc1cc([N+](=O)[O-])c(N)cc1Cl. The molecule has 0 amide bonds. The van der Waals surface area contributed by atoms with Crippen LogP contribution in [0.1, 0.15) is 0 Å². The van der Waals surface area contributed by atoms with Crippen molar-refractivity contribution in [1.82, 2.24) is 10.0 Å². The molecule has 0 saturated heterocycles. The van der Waals surface area contributed by atoms with Crippen LogP contribution in [0.25, 0.3) is 0 Å². The molecule has 1 aromatic rings.